The van der Waals surface area contributed by atoms with Gasteiger partial charge in [-0.3, -0.25) is 0 Å². The molecule has 190 valence electrons. The van der Waals surface area contributed by atoms with Crippen LogP contribution in [0.5, 0.6) is 34.5 Å². The molecule has 0 aliphatic carbocycles. The Kier molecular flexibility index (Phi) is 12.1. The van der Waals surface area contributed by atoms with Crippen LogP contribution in [-0.2, 0) is 0 Å². The average Bonchev–Trinajstić information content (AvgIpc) is 2.98. The van der Waals surface area contributed by atoms with Gasteiger partial charge in [-0.05, 0) is 71.8 Å². The maximum absolute atomic E-state index is 5.12. The Labute approximate surface area is 213 Å². The van der Waals surface area contributed by atoms with Crippen LogP contribution >= 0.6 is 0 Å². The van der Waals surface area contributed by atoms with E-state index < -0.39 is 0 Å². The summed E-state index contributed by atoms with van der Waals surface area (Å²) in [4.78, 5) is 0. The largest absolute Gasteiger partial charge is 0.497 e. The van der Waals surface area contributed by atoms with Gasteiger partial charge in [-0.15, -0.1) is 0 Å². The summed E-state index contributed by atoms with van der Waals surface area (Å²) in [5, 5.41) is 0. The van der Waals surface area contributed by atoms with Gasteiger partial charge in [0.25, 0.3) is 0 Å². The summed E-state index contributed by atoms with van der Waals surface area (Å²) in [5.41, 5.74) is 2.34. The first-order valence-electron chi connectivity index (χ1n) is 11.2. The van der Waals surface area contributed by atoms with Crippen molar-refractivity contribution in [1.29, 1.82) is 0 Å². The molecule has 6 heteroatoms. The van der Waals surface area contributed by atoms with E-state index in [0.29, 0.717) is 0 Å². The summed E-state index contributed by atoms with van der Waals surface area (Å²) >= 11 is 0. The number of rotatable bonds is 7. The van der Waals surface area contributed by atoms with Gasteiger partial charge in [-0.2, -0.15) is 0 Å². The van der Waals surface area contributed by atoms with Crippen molar-refractivity contribution in [2.45, 2.75) is 0 Å². The second kappa shape index (κ2) is 15.6. The molecule has 4 aromatic carbocycles. The second-order valence-electron chi connectivity index (χ2n) is 7.22. The summed E-state index contributed by atoms with van der Waals surface area (Å²) in [7, 11) is 9.89. The number of benzene rings is 4. The van der Waals surface area contributed by atoms with Gasteiger partial charge in [0.2, 0.25) is 0 Å². The molecule has 0 bridgehead atoms. The minimum absolute atomic E-state index is 0.819. The summed E-state index contributed by atoms with van der Waals surface area (Å²) in [6, 6.07) is 30.9. The summed E-state index contributed by atoms with van der Waals surface area (Å²) in [5.74, 6) is 5.08. The third kappa shape index (κ3) is 9.14. The standard InChI is InChI=1S/C14H14O2.2C8H10O2/c1-15-13-7-3-11(4-8-13)12-5-9-14(16-2)10-6-12;1-9-7-3-5-8(10-2)6-4-7;1-9-7-4-3-5-8(6-7)10-2/h3-10H,1-2H3;2*3-6H,1-2H3. The first-order valence-corrected chi connectivity index (χ1v) is 11.2. The highest BCUT2D eigenvalue weighted by Crippen LogP contribution is 2.24. The van der Waals surface area contributed by atoms with E-state index in [0.717, 1.165) is 34.5 Å². The SMILES string of the molecule is COc1ccc(-c2ccc(OC)cc2)cc1.COc1ccc(OC)cc1.COc1cccc(OC)c1. The van der Waals surface area contributed by atoms with E-state index >= 15 is 0 Å². The predicted octanol–water partition coefficient (Wildman–Crippen LogP) is 6.78. The molecule has 0 saturated carbocycles. The van der Waals surface area contributed by atoms with Crippen LogP contribution in [0.25, 0.3) is 11.1 Å². The summed E-state index contributed by atoms with van der Waals surface area (Å²) < 4.78 is 30.1. The zero-order valence-corrected chi connectivity index (χ0v) is 21.7. The maximum atomic E-state index is 5.12. The van der Waals surface area contributed by atoms with Crippen LogP contribution in [0.3, 0.4) is 0 Å². The zero-order valence-electron chi connectivity index (χ0n) is 21.7. The first-order chi connectivity index (χ1) is 17.6. The van der Waals surface area contributed by atoms with E-state index in [1.54, 1.807) is 42.7 Å². The van der Waals surface area contributed by atoms with Crippen molar-refractivity contribution in [2.24, 2.45) is 0 Å². The number of ether oxygens (including phenoxy) is 6. The van der Waals surface area contributed by atoms with Crippen LogP contribution in [0.2, 0.25) is 0 Å². The van der Waals surface area contributed by atoms with E-state index in [2.05, 4.69) is 0 Å². The predicted molar refractivity (Wildman–Crippen MR) is 144 cm³/mol. The van der Waals surface area contributed by atoms with Gasteiger partial charge < -0.3 is 28.4 Å². The van der Waals surface area contributed by atoms with Gasteiger partial charge in [-0.1, -0.05) is 30.3 Å². The molecular formula is C30H34O6. The highest BCUT2D eigenvalue weighted by molar-refractivity contribution is 5.64. The number of hydrogen-bond donors (Lipinski definition) is 0. The number of hydrogen-bond acceptors (Lipinski definition) is 6. The Bertz CT molecular complexity index is 1040. The quantitative estimate of drug-likeness (QED) is 0.285. The lowest BCUT2D eigenvalue weighted by atomic mass is 10.1. The Morgan fingerprint density at radius 2 is 0.556 bits per heavy atom. The summed E-state index contributed by atoms with van der Waals surface area (Å²) in [6.45, 7) is 0. The lowest BCUT2D eigenvalue weighted by Gasteiger charge is -2.05. The molecule has 0 aliphatic rings. The van der Waals surface area contributed by atoms with Gasteiger partial charge in [-0.25, -0.2) is 0 Å². The smallest absolute Gasteiger partial charge is 0.122 e. The molecule has 36 heavy (non-hydrogen) atoms. The summed E-state index contributed by atoms with van der Waals surface area (Å²) in [6.07, 6.45) is 0. The van der Waals surface area contributed by atoms with Crippen LogP contribution in [0.1, 0.15) is 0 Å². The van der Waals surface area contributed by atoms with Crippen molar-refractivity contribution in [1.82, 2.24) is 0 Å². The lowest BCUT2D eigenvalue weighted by molar-refractivity contribution is 0.394. The third-order valence-corrected chi connectivity index (χ3v) is 5.09. The first kappa shape index (κ1) is 27.9. The Hall–Kier alpha value is -4.32. The third-order valence-electron chi connectivity index (χ3n) is 5.09. The normalized spacial score (nSPS) is 9.39. The molecule has 6 nitrogen and oxygen atoms in total. The molecule has 0 atom stereocenters. The van der Waals surface area contributed by atoms with Crippen LogP contribution in [-0.4, -0.2) is 42.7 Å². The fraction of sp³-hybridized carbons (Fsp3) is 0.200. The van der Waals surface area contributed by atoms with E-state index in [4.69, 9.17) is 28.4 Å². The van der Waals surface area contributed by atoms with Gasteiger partial charge in [0.05, 0.1) is 42.7 Å². The molecule has 4 aromatic rings. The van der Waals surface area contributed by atoms with Gasteiger partial charge in [0, 0.05) is 6.07 Å². The van der Waals surface area contributed by atoms with Crippen molar-refractivity contribution < 1.29 is 28.4 Å². The van der Waals surface area contributed by atoms with Crippen LogP contribution < -0.4 is 28.4 Å². The van der Waals surface area contributed by atoms with E-state index in [9.17, 15) is 0 Å². The fourth-order valence-electron chi connectivity index (χ4n) is 3.01. The molecule has 0 unspecified atom stereocenters. The van der Waals surface area contributed by atoms with Gasteiger partial charge >= 0.3 is 0 Å². The van der Waals surface area contributed by atoms with Crippen molar-refractivity contribution in [3.05, 3.63) is 97.1 Å². The minimum Gasteiger partial charge on any atom is -0.497 e. The average molecular weight is 491 g/mol. The Morgan fingerprint density at radius 1 is 0.306 bits per heavy atom. The Balaban J connectivity index is 0.000000200. The van der Waals surface area contributed by atoms with Crippen LogP contribution in [0, 0.1) is 0 Å². The van der Waals surface area contributed by atoms with Crippen molar-refractivity contribution in [3.8, 4) is 45.6 Å². The van der Waals surface area contributed by atoms with Crippen LogP contribution in [0.4, 0.5) is 0 Å². The van der Waals surface area contributed by atoms with Gasteiger partial charge in [0.15, 0.2) is 0 Å². The van der Waals surface area contributed by atoms with E-state index in [-0.39, 0.29) is 0 Å². The molecule has 0 heterocycles. The molecule has 0 aliphatic heterocycles. The monoisotopic (exact) mass is 490 g/mol. The molecule has 0 saturated heterocycles. The molecule has 0 radical (unpaired) electrons. The highest BCUT2D eigenvalue weighted by atomic mass is 16.5. The number of methoxy groups -OCH3 is 6. The van der Waals surface area contributed by atoms with Crippen molar-refractivity contribution in [2.75, 3.05) is 42.7 Å². The molecule has 4 rings (SSSR count). The fourth-order valence-corrected chi connectivity index (χ4v) is 3.01. The van der Waals surface area contributed by atoms with Crippen LogP contribution in [0.15, 0.2) is 97.1 Å². The van der Waals surface area contributed by atoms with Crippen molar-refractivity contribution >= 4 is 0 Å². The molecule has 0 aromatic heterocycles. The molecule has 0 fully saturated rings. The van der Waals surface area contributed by atoms with E-state index in [1.165, 1.54) is 11.1 Å². The zero-order chi connectivity index (χ0) is 26.2. The topological polar surface area (TPSA) is 55.4 Å². The maximum Gasteiger partial charge on any atom is 0.122 e. The van der Waals surface area contributed by atoms with Gasteiger partial charge in [0.1, 0.15) is 34.5 Å². The minimum atomic E-state index is 0.819. The highest BCUT2D eigenvalue weighted by Gasteiger charge is 1.98. The Morgan fingerprint density at radius 3 is 0.806 bits per heavy atom. The molecule has 0 N–H and O–H groups in total. The second-order valence-corrected chi connectivity index (χ2v) is 7.22. The molecule has 0 amide bonds. The van der Waals surface area contributed by atoms with Crippen molar-refractivity contribution in [3.63, 3.8) is 0 Å². The lowest BCUT2D eigenvalue weighted by Crippen LogP contribution is -1.84. The molecular weight excluding hydrogens is 456 g/mol. The van der Waals surface area contributed by atoms with E-state index in [1.807, 2.05) is 97.1 Å². The molecule has 0 spiro atoms.